The fourth-order valence-electron chi connectivity index (χ4n) is 3.93. The number of ether oxygens (including phenoxy) is 1. The van der Waals surface area contributed by atoms with Gasteiger partial charge in [-0.25, -0.2) is 15.0 Å². The number of morpholine rings is 1. The summed E-state index contributed by atoms with van der Waals surface area (Å²) in [6.45, 7) is 2.81. The highest BCUT2D eigenvalue weighted by molar-refractivity contribution is 7.22. The number of amides is 1. The lowest BCUT2D eigenvalue weighted by atomic mass is 10.1. The number of hydrogen-bond donors (Lipinski definition) is 1. The van der Waals surface area contributed by atoms with E-state index >= 15 is 0 Å². The Morgan fingerprint density at radius 2 is 1.89 bits per heavy atom. The van der Waals surface area contributed by atoms with Gasteiger partial charge in [0.05, 0.1) is 34.5 Å². The first-order valence-corrected chi connectivity index (χ1v) is 11.9. The van der Waals surface area contributed by atoms with E-state index in [1.807, 2.05) is 30.3 Å². The molecule has 6 rings (SSSR count). The molecule has 1 fully saturated rings. The lowest BCUT2D eigenvalue weighted by molar-refractivity contribution is 0.102. The molecule has 1 aliphatic heterocycles. The van der Waals surface area contributed by atoms with Crippen LogP contribution in [0.3, 0.4) is 0 Å². The average Bonchev–Trinajstić information content (AvgIpc) is 3.59. The number of oxazole rings is 1. The number of nitrogens with one attached hydrogen (secondary N) is 1. The van der Waals surface area contributed by atoms with Crippen molar-refractivity contribution in [3.05, 3.63) is 73.0 Å². The number of aromatic nitrogens is 4. The van der Waals surface area contributed by atoms with Crippen LogP contribution in [0.2, 0.25) is 0 Å². The lowest BCUT2D eigenvalue weighted by Gasteiger charge is -2.28. The number of nitrogens with zero attached hydrogens (tertiary/aromatic N) is 5. The molecule has 5 aromatic rings. The molecule has 1 aromatic carbocycles. The minimum atomic E-state index is -0.204. The molecule has 5 heterocycles. The molecule has 10 heteroatoms. The number of carbonyl (C=O) groups excluding carboxylic acids is 1. The fraction of sp³-hybridized carbons (Fsp3) is 0.160. The van der Waals surface area contributed by atoms with Crippen LogP contribution in [0.1, 0.15) is 10.4 Å². The van der Waals surface area contributed by atoms with Gasteiger partial charge in [-0.2, -0.15) is 0 Å². The monoisotopic (exact) mass is 484 g/mol. The molecule has 0 atom stereocenters. The van der Waals surface area contributed by atoms with Crippen LogP contribution in [0.25, 0.3) is 32.2 Å². The fourth-order valence-corrected chi connectivity index (χ4v) is 5.00. The Hall–Kier alpha value is -4.15. The van der Waals surface area contributed by atoms with Gasteiger partial charge in [0.2, 0.25) is 0 Å². The largest absolute Gasteiger partial charge is 0.443 e. The maximum absolute atomic E-state index is 12.6. The first-order chi connectivity index (χ1) is 17.2. The summed E-state index contributed by atoms with van der Waals surface area (Å²) in [7, 11) is 0. The van der Waals surface area contributed by atoms with Gasteiger partial charge in [0.25, 0.3) is 5.91 Å². The molecule has 0 spiro atoms. The van der Waals surface area contributed by atoms with Crippen molar-refractivity contribution in [2.45, 2.75) is 0 Å². The molecule has 1 aliphatic rings. The highest BCUT2D eigenvalue weighted by Crippen LogP contribution is 2.38. The smallest absolute Gasteiger partial charge is 0.255 e. The molecule has 174 valence electrons. The van der Waals surface area contributed by atoms with E-state index < -0.39 is 0 Å². The Balaban J connectivity index is 1.39. The zero-order valence-corrected chi connectivity index (χ0v) is 19.4. The van der Waals surface area contributed by atoms with Crippen LogP contribution < -0.4 is 10.2 Å². The highest BCUT2D eigenvalue weighted by Gasteiger charge is 2.21. The van der Waals surface area contributed by atoms with Crippen LogP contribution in [0.15, 0.2) is 71.9 Å². The second-order valence-corrected chi connectivity index (χ2v) is 8.98. The second kappa shape index (κ2) is 9.24. The summed E-state index contributed by atoms with van der Waals surface area (Å²) < 4.78 is 12.1. The Morgan fingerprint density at radius 3 is 2.69 bits per heavy atom. The first kappa shape index (κ1) is 21.4. The summed E-state index contributed by atoms with van der Waals surface area (Å²) in [4.78, 5) is 33.6. The quantitative estimate of drug-likeness (QED) is 0.389. The van der Waals surface area contributed by atoms with Crippen LogP contribution in [0.5, 0.6) is 0 Å². The second-order valence-electron chi connectivity index (χ2n) is 7.93. The van der Waals surface area contributed by atoms with Crippen LogP contribution in [-0.2, 0) is 4.74 Å². The van der Waals surface area contributed by atoms with E-state index in [1.165, 1.54) is 6.39 Å². The van der Waals surface area contributed by atoms with Crippen LogP contribution in [-0.4, -0.2) is 52.1 Å². The van der Waals surface area contributed by atoms with E-state index in [9.17, 15) is 4.79 Å². The number of pyridine rings is 1. The number of fused-ring (bicyclic) bond motifs is 1. The zero-order chi connectivity index (χ0) is 23.6. The van der Waals surface area contributed by atoms with E-state index in [0.29, 0.717) is 36.0 Å². The topological polar surface area (TPSA) is 106 Å². The molecule has 0 unspecified atom stereocenters. The van der Waals surface area contributed by atoms with Gasteiger partial charge >= 0.3 is 0 Å². The standard InChI is InChI=1S/C25H20N6O3S/c32-25(16-4-6-26-7-5-16)28-18-3-1-2-17(12-18)23-29-19-13-21(20-14-27-15-34-20)35-22(19)24(30-23)31-8-10-33-11-9-31/h1-7,12-15H,8-11H2,(H,28,32). The van der Waals surface area contributed by atoms with Crippen LogP contribution >= 0.6 is 11.3 Å². The number of hydrogen-bond acceptors (Lipinski definition) is 9. The van der Waals surface area contributed by atoms with Crippen molar-refractivity contribution in [3.8, 4) is 22.0 Å². The Morgan fingerprint density at radius 1 is 1.03 bits per heavy atom. The van der Waals surface area contributed by atoms with Crippen molar-refractivity contribution < 1.29 is 13.9 Å². The van der Waals surface area contributed by atoms with E-state index in [0.717, 1.165) is 39.6 Å². The summed E-state index contributed by atoms with van der Waals surface area (Å²) in [5.74, 6) is 1.95. The third kappa shape index (κ3) is 4.36. The summed E-state index contributed by atoms with van der Waals surface area (Å²) in [6, 6.07) is 12.9. The van der Waals surface area contributed by atoms with Crippen molar-refractivity contribution in [2.24, 2.45) is 0 Å². The van der Waals surface area contributed by atoms with Gasteiger partial charge in [0.15, 0.2) is 23.8 Å². The predicted octanol–water partition coefficient (Wildman–Crippen LogP) is 4.50. The van der Waals surface area contributed by atoms with E-state index in [2.05, 4.69) is 20.2 Å². The first-order valence-electron chi connectivity index (χ1n) is 11.1. The molecule has 35 heavy (non-hydrogen) atoms. The minimum absolute atomic E-state index is 0.204. The maximum atomic E-state index is 12.6. The van der Waals surface area contributed by atoms with Gasteiger partial charge in [-0.05, 0) is 30.3 Å². The molecule has 1 saturated heterocycles. The summed E-state index contributed by atoms with van der Waals surface area (Å²) in [5.41, 5.74) is 2.84. The van der Waals surface area contributed by atoms with Gasteiger partial charge in [0, 0.05) is 42.3 Å². The third-order valence-corrected chi connectivity index (χ3v) is 6.80. The van der Waals surface area contributed by atoms with Gasteiger partial charge in [-0.3, -0.25) is 9.78 Å². The summed E-state index contributed by atoms with van der Waals surface area (Å²) in [5, 5.41) is 2.94. The minimum Gasteiger partial charge on any atom is -0.443 e. The van der Waals surface area contributed by atoms with Crippen molar-refractivity contribution in [1.82, 2.24) is 19.9 Å². The highest BCUT2D eigenvalue weighted by atomic mass is 32.1. The molecule has 0 saturated carbocycles. The zero-order valence-electron chi connectivity index (χ0n) is 18.5. The lowest BCUT2D eigenvalue weighted by Crippen LogP contribution is -2.36. The van der Waals surface area contributed by atoms with Gasteiger partial charge in [-0.1, -0.05) is 12.1 Å². The molecule has 0 aliphatic carbocycles. The molecule has 1 amide bonds. The maximum Gasteiger partial charge on any atom is 0.255 e. The Kier molecular flexibility index (Phi) is 5.65. The van der Waals surface area contributed by atoms with Crippen molar-refractivity contribution in [3.63, 3.8) is 0 Å². The molecule has 0 radical (unpaired) electrons. The van der Waals surface area contributed by atoms with E-state index in [-0.39, 0.29) is 5.91 Å². The van der Waals surface area contributed by atoms with Crippen LogP contribution in [0.4, 0.5) is 11.5 Å². The predicted molar refractivity (Wildman–Crippen MR) is 134 cm³/mol. The van der Waals surface area contributed by atoms with Crippen molar-refractivity contribution in [1.29, 1.82) is 0 Å². The number of rotatable bonds is 5. The molecule has 4 aromatic heterocycles. The Bertz CT molecular complexity index is 1480. The molecule has 1 N–H and O–H groups in total. The average molecular weight is 485 g/mol. The van der Waals surface area contributed by atoms with E-state index in [1.54, 1.807) is 42.1 Å². The van der Waals surface area contributed by atoms with Gasteiger partial charge < -0.3 is 19.4 Å². The van der Waals surface area contributed by atoms with Crippen molar-refractivity contribution >= 4 is 39.0 Å². The summed E-state index contributed by atoms with van der Waals surface area (Å²) in [6.07, 6.45) is 6.30. The van der Waals surface area contributed by atoms with Gasteiger partial charge in [-0.15, -0.1) is 11.3 Å². The molecule has 9 nitrogen and oxygen atoms in total. The number of carbonyl (C=O) groups is 1. The van der Waals surface area contributed by atoms with E-state index in [4.69, 9.17) is 19.1 Å². The normalized spacial score (nSPS) is 13.8. The molecular weight excluding hydrogens is 464 g/mol. The number of benzene rings is 1. The number of thiophene rings is 1. The van der Waals surface area contributed by atoms with Crippen LogP contribution in [0, 0.1) is 0 Å². The molecular formula is C25H20N6O3S. The SMILES string of the molecule is O=C(Nc1cccc(-c2nc(N3CCOCC3)c3sc(-c4cnco4)cc3n2)c1)c1ccncc1. The third-order valence-electron chi connectivity index (χ3n) is 5.66. The summed E-state index contributed by atoms with van der Waals surface area (Å²) >= 11 is 1.59. The van der Waals surface area contributed by atoms with Gasteiger partial charge in [0.1, 0.15) is 0 Å². The molecule has 0 bridgehead atoms. The van der Waals surface area contributed by atoms with Crippen molar-refractivity contribution in [2.75, 3.05) is 36.5 Å². The number of anilines is 2. The Labute approximate surface area is 204 Å².